The van der Waals surface area contributed by atoms with Crippen molar-refractivity contribution in [3.05, 3.63) is 0 Å². The van der Waals surface area contributed by atoms with Gasteiger partial charge in [-0.05, 0) is 31.1 Å². The second-order valence-electron chi connectivity index (χ2n) is 9.85. The van der Waals surface area contributed by atoms with Crippen molar-refractivity contribution in [2.75, 3.05) is 13.7 Å². The molecule has 0 aromatic heterocycles. The molecule has 2 atom stereocenters. The smallest absolute Gasteiger partial charge is 0.167 e. The highest BCUT2D eigenvalue weighted by Gasteiger charge is 2.39. The van der Waals surface area contributed by atoms with E-state index in [0.717, 1.165) is 12.8 Å². The lowest BCUT2D eigenvalue weighted by Gasteiger charge is -2.32. The Kier molecular flexibility index (Phi) is 8.47. The molecule has 2 unspecified atom stereocenters. The Hall–Kier alpha value is -0.740. The molecule has 4 heteroatoms. The van der Waals surface area contributed by atoms with Gasteiger partial charge in [0.15, 0.2) is 11.6 Å². The van der Waals surface area contributed by atoms with Gasteiger partial charge in [-0.25, -0.2) is 0 Å². The molecule has 0 bridgehead atoms. The van der Waals surface area contributed by atoms with E-state index in [2.05, 4.69) is 0 Å². The summed E-state index contributed by atoms with van der Waals surface area (Å²) < 4.78 is 11.6. The first-order valence-electron chi connectivity index (χ1n) is 10.1. The maximum atomic E-state index is 13.0. The molecule has 0 radical (unpaired) electrons. The predicted molar refractivity (Wildman–Crippen MR) is 105 cm³/mol. The number of rotatable bonds is 10. The van der Waals surface area contributed by atoms with Crippen LogP contribution in [0.3, 0.4) is 0 Å². The summed E-state index contributed by atoms with van der Waals surface area (Å²) in [7, 11) is 1.64. The van der Waals surface area contributed by atoms with Crippen LogP contribution < -0.4 is 0 Å². The van der Waals surface area contributed by atoms with E-state index in [1.807, 2.05) is 48.5 Å². The van der Waals surface area contributed by atoms with Crippen LogP contribution >= 0.6 is 0 Å². The van der Waals surface area contributed by atoms with Crippen LogP contribution in [0.1, 0.15) is 80.6 Å². The first-order valence-corrected chi connectivity index (χ1v) is 10.1. The minimum Gasteiger partial charge on any atom is -0.373 e. The average Bonchev–Trinajstić information content (AvgIpc) is 3.04. The van der Waals surface area contributed by atoms with Gasteiger partial charge in [0.2, 0.25) is 0 Å². The van der Waals surface area contributed by atoms with Crippen molar-refractivity contribution in [1.29, 1.82) is 0 Å². The monoisotopic (exact) mass is 368 g/mol. The molecule has 0 N–H and O–H groups in total. The number of hydrogen-bond donors (Lipinski definition) is 0. The van der Waals surface area contributed by atoms with E-state index in [0.29, 0.717) is 18.9 Å². The third-order valence-corrected chi connectivity index (χ3v) is 5.63. The topological polar surface area (TPSA) is 52.6 Å². The quantitative estimate of drug-likeness (QED) is 0.554. The number of carbonyl (C=O) groups excluding carboxylic acids is 2. The molecule has 26 heavy (non-hydrogen) atoms. The third kappa shape index (κ3) is 6.16. The van der Waals surface area contributed by atoms with Gasteiger partial charge in [-0.3, -0.25) is 9.59 Å². The molecular formula is C22H40O4. The van der Waals surface area contributed by atoms with E-state index in [-0.39, 0.29) is 23.6 Å². The lowest BCUT2D eigenvalue weighted by Crippen LogP contribution is -2.42. The Balaban J connectivity index is 2.67. The molecule has 4 nitrogen and oxygen atoms in total. The number of methoxy groups -OCH3 is 1. The van der Waals surface area contributed by atoms with Gasteiger partial charge in [0, 0.05) is 24.5 Å². The minimum atomic E-state index is -0.518. The summed E-state index contributed by atoms with van der Waals surface area (Å²) in [5, 5.41) is 0. The van der Waals surface area contributed by atoms with E-state index in [4.69, 9.17) is 9.47 Å². The van der Waals surface area contributed by atoms with Crippen molar-refractivity contribution >= 4 is 11.6 Å². The molecule has 0 heterocycles. The van der Waals surface area contributed by atoms with Crippen LogP contribution in [0.15, 0.2) is 0 Å². The van der Waals surface area contributed by atoms with Crippen molar-refractivity contribution in [2.24, 2.45) is 22.7 Å². The molecule has 0 saturated heterocycles. The van der Waals surface area contributed by atoms with Crippen molar-refractivity contribution in [3.8, 4) is 0 Å². The van der Waals surface area contributed by atoms with Crippen molar-refractivity contribution in [2.45, 2.75) is 92.8 Å². The largest absolute Gasteiger partial charge is 0.373 e. The van der Waals surface area contributed by atoms with Crippen LogP contribution in [0.5, 0.6) is 0 Å². The molecule has 0 aliphatic heterocycles. The van der Waals surface area contributed by atoms with Crippen LogP contribution in [-0.2, 0) is 19.1 Å². The standard InChI is InChI=1S/C22H40O4/c1-15(2)17(19(23)21(3,4)5)26-14-13-22(6,7)20(24)18(25-8)16-11-9-10-12-16/h15-18H,9-14H2,1-8H3. The Morgan fingerprint density at radius 2 is 1.54 bits per heavy atom. The lowest BCUT2D eigenvalue weighted by atomic mass is 9.78. The molecule has 0 aromatic rings. The minimum absolute atomic E-state index is 0.116. The zero-order valence-electron chi connectivity index (χ0n) is 18.2. The van der Waals surface area contributed by atoms with Gasteiger partial charge < -0.3 is 9.47 Å². The van der Waals surface area contributed by atoms with Crippen molar-refractivity contribution in [1.82, 2.24) is 0 Å². The fourth-order valence-corrected chi connectivity index (χ4v) is 3.72. The summed E-state index contributed by atoms with van der Waals surface area (Å²) >= 11 is 0. The van der Waals surface area contributed by atoms with E-state index in [1.54, 1.807) is 7.11 Å². The van der Waals surface area contributed by atoms with Gasteiger partial charge in [0.25, 0.3) is 0 Å². The van der Waals surface area contributed by atoms with Gasteiger partial charge in [0.05, 0.1) is 0 Å². The Morgan fingerprint density at radius 3 is 1.96 bits per heavy atom. The van der Waals surface area contributed by atoms with Gasteiger partial charge in [-0.15, -0.1) is 0 Å². The van der Waals surface area contributed by atoms with Gasteiger partial charge in [-0.2, -0.15) is 0 Å². The van der Waals surface area contributed by atoms with E-state index in [1.165, 1.54) is 12.8 Å². The number of Topliss-reactive ketones (excluding diaryl/α,β-unsaturated/α-hetero) is 2. The first-order chi connectivity index (χ1) is 11.9. The Morgan fingerprint density at radius 1 is 1.00 bits per heavy atom. The summed E-state index contributed by atoms with van der Waals surface area (Å²) in [6.45, 7) is 14.1. The second kappa shape index (κ2) is 9.45. The number of hydrogen-bond acceptors (Lipinski definition) is 4. The molecule has 1 fully saturated rings. The van der Waals surface area contributed by atoms with Gasteiger partial charge >= 0.3 is 0 Å². The molecule has 152 valence electrons. The van der Waals surface area contributed by atoms with E-state index in [9.17, 15) is 9.59 Å². The second-order valence-corrected chi connectivity index (χ2v) is 9.85. The summed E-state index contributed by atoms with van der Waals surface area (Å²) in [6.07, 6.45) is 4.38. The van der Waals surface area contributed by atoms with Gasteiger partial charge in [-0.1, -0.05) is 61.3 Å². The SMILES string of the molecule is COC(C(=O)C(C)(C)CCOC(C(=O)C(C)(C)C)C(C)C)C1CCCC1. The summed E-state index contributed by atoms with van der Waals surface area (Å²) in [5.74, 6) is 0.750. The zero-order chi connectivity index (χ0) is 20.1. The highest BCUT2D eigenvalue weighted by atomic mass is 16.5. The Labute approximate surface area is 160 Å². The molecule has 1 aliphatic rings. The van der Waals surface area contributed by atoms with Crippen LogP contribution in [-0.4, -0.2) is 37.5 Å². The fourth-order valence-electron chi connectivity index (χ4n) is 3.72. The first kappa shape index (κ1) is 23.3. The molecule has 1 saturated carbocycles. The fraction of sp³-hybridized carbons (Fsp3) is 0.909. The van der Waals surface area contributed by atoms with Crippen LogP contribution in [0.4, 0.5) is 0 Å². The Bertz CT molecular complexity index is 467. The summed E-state index contributed by atoms with van der Waals surface area (Å²) in [6, 6.07) is 0. The highest BCUT2D eigenvalue weighted by Crippen LogP contribution is 2.34. The maximum Gasteiger partial charge on any atom is 0.167 e. The number of ketones is 2. The van der Waals surface area contributed by atoms with Crippen molar-refractivity contribution in [3.63, 3.8) is 0 Å². The zero-order valence-corrected chi connectivity index (χ0v) is 18.2. The molecule has 1 rings (SSSR count). The third-order valence-electron chi connectivity index (χ3n) is 5.63. The molecule has 0 amide bonds. The summed E-state index contributed by atoms with van der Waals surface area (Å²) in [5.41, 5.74) is -0.945. The maximum absolute atomic E-state index is 13.0. The van der Waals surface area contributed by atoms with Crippen molar-refractivity contribution < 1.29 is 19.1 Å². The number of ether oxygens (including phenoxy) is 2. The highest BCUT2D eigenvalue weighted by molar-refractivity contribution is 5.89. The summed E-state index contributed by atoms with van der Waals surface area (Å²) in [4.78, 5) is 25.7. The van der Waals surface area contributed by atoms with Crippen LogP contribution in [0.2, 0.25) is 0 Å². The van der Waals surface area contributed by atoms with Crippen LogP contribution in [0.25, 0.3) is 0 Å². The molecule has 0 spiro atoms. The molecule has 1 aliphatic carbocycles. The molecular weight excluding hydrogens is 328 g/mol. The van der Waals surface area contributed by atoms with Crippen LogP contribution in [0, 0.1) is 22.7 Å². The van der Waals surface area contributed by atoms with E-state index >= 15 is 0 Å². The normalized spacial score (nSPS) is 19.0. The predicted octanol–water partition coefficient (Wildman–Crippen LogP) is 4.83. The van der Waals surface area contributed by atoms with E-state index < -0.39 is 16.9 Å². The number of carbonyl (C=O) groups is 2. The lowest BCUT2D eigenvalue weighted by molar-refractivity contribution is -0.145. The van der Waals surface area contributed by atoms with Gasteiger partial charge in [0.1, 0.15) is 12.2 Å². The molecule has 0 aromatic carbocycles. The average molecular weight is 369 g/mol.